The molecule has 2 unspecified atom stereocenters. The second-order valence-corrected chi connectivity index (χ2v) is 4.86. The van der Waals surface area contributed by atoms with Gasteiger partial charge < -0.3 is 11.1 Å². The molecule has 1 fully saturated rings. The van der Waals surface area contributed by atoms with Gasteiger partial charge in [-0.3, -0.25) is 9.69 Å². The Balaban J connectivity index is 2.27. The van der Waals surface area contributed by atoms with Crippen LogP contribution >= 0.6 is 0 Å². The fourth-order valence-corrected chi connectivity index (χ4v) is 2.11. The highest BCUT2D eigenvalue weighted by Crippen LogP contribution is 2.14. The van der Waals surface area contributed by atoms with Crippen molar-refractivity contribution in [3.05, 3.63) is 0 Å². The molecular weight excluding hydrogens is 202 g/mol. The first-order valence-corrected chi connectivity index (χ1v) is 6.37. The zero-order valence-electron chi connectivity index (χ0n) is 10.5. The first-order chi connectivity index (χ1) is 7.65. The summed E-state index contributed by atoms with van der Waals surface area (Å²) < 4.78 is 0. The zero-order valence-corrected chi connectivity index (χ0v) is 10.5. The smallest absolute Gasteiger partial charge is 0.234 e. The summed E-state index contributed by atoms with van der Waals surface area (Å²) in [6.45, 7) is 7.40. The van der Waals surface area contributed by atoms with Gasteiger partial charge in [0.2, 0.25) is 5.91 Å². The number of carbonyl (C=O) groups excluding carboxylic acids is 1. The van der Waals surface area contributed by atoms with Gasteiger partial charge in [-0.1, -0.05) is 6.92 Å². The topological polar surface area (TPSA) is 58.4 Å². The molecule has 1 rings (SSSR count). The van der Waals surface area contributed by atoms with E-state index in [1.807, 2.05) is 6.92 Å². The number of hydrogen-bond donors (Lipinski definition) is 2. The van der Waals surface area contributed by atoms with Crippen LogP contribution in [0.25, 0.3) is 0 Å². The lowest BCUT2D eigenvalue weighted by Crippen LogP contribution is -2.45. The minimum absolute atomic E-state index is 0.145. The van der Waals surface area contributed by atoms with Crippen LogP contribution in [0, 0.1) is 5.92 Å². The first kappa shape index (κ1) is 13.5. The summed E-state index contributed by atoms with van der Waals surface area (Å²) in [4.78, 5) is 13.9. The quantitative estimate of drug-likeness (QED) is 0.722. The van der Waals surface area contributed by atoms with Crippen LogP contribution in [-0.2, 0) is 4.79 Å². The van der Waals surface area contributed by atoms with Crippen molar-refractivity contribution in [2.75, 3.05) is 26.2 Å². The highest BCUT2D eigenvalue weighted by Gasteiger charge is 2.20. The first-order valence-electron chi connectivity index (χ1n) is 6.37. The van der Waals surface area contributed by atoms with Crippen LogP contribution in [0.1, 0.15) is 33.1 Å². The molecule has 0 aliphatic carbocycles. The lowest BCUT2D eigenvalue weighted by molar-refractivity contribution is -0.123. The van der Waals surface area contributed by atoms with Crippen molar-refractivity contribution in [1.29, 1.82) is 0 Å². The lowest BCUT2D eigenvalue weighted by atomic mass is 9.98. The number of hydrogen-bond acceptors (Lipinski definition) is 3. The minimum atomic E-state index is 0.145. The van der Waals surface area contributed by atoms with Crippen molar-refractivity contribution >= 4 is 5.91 Å². The van der Waals surface area contributed by atoms with Crippen LogP contribution < -0.4 is 11.1 Å². The molecular formula is C12H25N3O. The summed E-state index contributed by atoms with van der Waals surface area (Å²) in [6.07, 6.45) is 3.36. The molecule has 1 amide bonds. The Bertz CT molecular complexity index is 220. The molecule has 1 aliphatic heterocycles. The molecule has 2 atom stereocenters. The molecule has 1 heterocycles. The second kappa shape index (κ2) is 6.86. The molecule has 94 valence electrons. The van der Waals surface area contributed by atoms with Gasteiger partial charge in [0.15, 0.2) is 0 Å². The van der Waals surface area contributed by atoms with E-state index in [-0.39, 0.29) is 11.9 Å². The van der Waals surface area contributed by atoms with Crippen molar-refractivity contribution in [2.45, 2.75) is 39.2 Å². The third-order valence-electron chi connectivity index (χ3n) is 3.32. The Labute approximate surface area is 98.6 Å². The fraction of sp³-hybridized carbons (Fsp3) is 0.917. The third-order valence-corrected chi connectivity index (χ3v) is 3.32. The van der Waals surface area contributed by atoms with E-state index in [1.165, 1.54) is 12.8 Å². The molecule has 1 aliphatic rings. The third kappa shape index (κ3) is 4.49. The van der Waals surface area contributed by atoms with Gasteiger partial charge in [0.1, 0.15) is 0 Å². The van der Waals surface area contributed by atoms with E-state index in [1.54, 1.807) is 0 Å². The van der Waals surface area contributed by atoms with Gasteiger partial charge in [0.25, 0.3) is 0 Å². The number of nitrogens with one attached hydrogen (secondary N) is 1. The van der Waals surface area contributed by atoms with Gasteiger partial charge in [0.05, 0.1) is 6.54 Å². The van der Waals surface area contributed by atoms with Gasteiger partial charge in [-0.25, -0.2) is 0 Å². The molecule has 0 bridgehead atoms. The Kier molecular flexibility index (Phi) is 5.77. The van der Waals surface area contributed by atoms with Crippen molar-refractivity contribution in [1.82, 2.24) is 10.2 Å². The molecule has 0 aromatic heterocycles. The Morgan fingerprint density at radius 2 is 2.38 bits per heavy atom. The second-order valence-electron chi connectivity index (χ2n) is 4.86. The zero-order chi connectivity index (χ0) is 12.0. The van der Waals surface area contributed by atoms with Crippen LogP contribution in [0.3, 0.4) is 0 Å². The van der Waals surface area contributed by atoms with Crippen LogP contribution in [0.4, 0.5) is 0 Å². The fourth-order valence-electron chi connectivity index (χ4n) is 2.11. The predicted octanol–water partition coefficient (Wildman–Crippen LogP) is 0.572. The number of nitrogens with two attached hydrogens (primary N) is 1. The van der Waals surface area contributed by atoms with Gasteiger partial charge in [-0.15, -0.1) is 0 Å². The van der Waals surface area contributed by atoms with Crippen molar-refractivity contribution < 1.29 is 4.79 Å². The number of amides is 1. The predicted molar refractivity (Wildman–Crippen MR) is 66.1 cm³/mol. The van der Waals surface area contributed by atoms with E-state index < -0.39 is 0 Å². The molecule has 0 spiro atoms. The van der Waals surface area contributed by atoms with Crippen molar-refractivity contribution in [3.8, 4) is 0 Å². The maximum Gasteiger partial charge on any atom is 0.234 e. The van der Waals surface area contributed by atoms with Crippen LogP contribution in [0.2, 0.25) is 0 Å². The van der Waals surface area contributed by atoms with Crippen molar-refractivity contribution in [3.63, 3.8) is 0 Å². The van der Waals surface area contributed by atoms with E-state index in [0.717, 1.165) is 26.1 Å². The Morgan fingerprint density at radius 1 is 1.62 bits per heavy atom. The van der Waals surface area contributed by atoms with Crippen LogP contribution in [-0.4, -0.2) is 43.0 Å². The largest absolute Gasteiger partial charge is 0.353 e. The van der Waals surface area contributed by atoms with E-state index in [4.69, 9.17) is 5.73 Å². The monoisotopic (exact) mass is 227 g/mol. The van der Waals surface area contributed by atoms with Gasteiger partial charge in [-0.2, -0.15) is 0 Å². The summed E-state index contributed by atoms with van der Waals surface area (Å²) in [5.74, 6) is 0.720. The SMILES string of the molecule is CCC(C)NC(=O)CN1CCCC(CN)C1. The van der Waals surface area contributed by atoms with Gasteiger partial charge in [0, 0.05) is 12.6 Å². The summed E-state index contributed by atoms with van der Waals surface area (Å²) in [7, 11) is 0. The van der Waals surface area contributed by atoms with Gasteiger partial charge >= 0.3 is 0 Å². The average Bonchev–Trinajstić information content (AvgIpc) is 2.28. The number of piperidine rings is 1. The van der Waals surface area contributed by atoms with E-state index >= 15 is 0 Å². The normalized spacial score (nSPS) is 24.1. The lowest BCUT2D eigenvalue weighted by Gasteiger charge is -2.31. The molecule has 16 heavy (non-hydrogen) atoms. The number of carbonyl (C=O) groups is 1. The molecule has 3 N–H and O–H groups in total. The van der Waals surface area contributed by atoms with Gasteiger partial charge in [-0.05, 0) is 45.2 Å². The maximum atomic E-state index is 11.7. The average molecular weight is 227 g/mol. The summed E-state index contributed by atoms with van der Waals surface area (Å²) in [5, 5.41) is 3.00. The standard InChI is InChI=1S/C12H25N3O/c1-3-10(2)14-12(16)9-15-6-4-5-11(7-13)8-15/h10-11H,3-9,13H2,1-2H3,(H,14,16). The molecule has 0 radical (unpaired) electrons. The molecule has 0 aromatic rings. The van der Waals surface area contributed by atoms with E-state index in [9.17, 15) is 4.79 Å². The molecule has 4 heteroatoms. The highest BCUT2D eigenvalue weighted by molar-refractivity contribution is 5.78. The maximum absolute atomic E-state index is 11.7. The number of nitrogens with zero attached hydrogens (tertiary/aromatic N) is 1. The number of likely N-dealkylation sites (tertiary alicyclic amines) is 1. The molecule has 1 saturated heterocycles. The van der Waals surface area contributed by atoms with Crippen LogP contribution in [0.15, 0.2) is 0 Å². The van der Waals surface area contributed by atoms with Crippen molar-refractivity contribution in [2.24, 2.45) is 11.7 Å². The van der Waals surface area contributed by atoms with Crippen LogP contribution in [0.5, 0.6) is 0 Å². The summed E-state index contributed by atoms with van der Waals surface area (Å²) in [5.41, 5.74) is 5.67. The molecule has 0 aromatic carbocycles. The van der Waals surface area contributed by atoms with E-state index in [2.05, 4.69) is 17.1 Å². The minimum Gasteiger partial charge on any atom is -0.353 e. The highest BCUT2D eigenvalue weighted by atomic mass is 16.2. The Hall–Kier alpha value is -0.610. The summed E-state index contributed by atoms with van der Waals surface area (Å²) in [6, 6.07) is 0.280. The molecule has 0 saturated carbocycles. The summed E-state index contributed by atoms with van der Waals surface area (Å²) >= 11 is 0. The Morgan fingerprint density at radius 3 is 3.00 bits per heavy atom. The van der Waals surface area contributed by atoms with E-state index in [0.29, 0.717) is 12.5 Å². The molecule has 4 nitrogen and oxygen atoms in total. The number of rotatable bonds is 5.